The first-order valence-corrected chi connectivity index (χ1v) is 16.1. The molecule has 44 heavy (non-hydrogen) atoms. The van der Waals surface area contributed by atoms with Crippen LogP contribution in [0.25, 0.3) is 0 Å². The summed E-state index contributed by atoms with van der Waals surface area (Å²) in [4.78, 5) is 23.1. The van der Waals surface area contributed by atoms with E-state index in [-0.39, 0.29) is 0 Å². The van der Waals surface area contributed by atoms with E-state index in [1.165, 1.54) is 0 Å². The van der Waals surface area contributed by atoms with Crippen LogP contribution in [0.2, 0.25) is 0 Å². The smallest absolute Gasteiger partial charge is 0.407 e. The third kappa shape index (κ3) is 17.6. The van der Waals surface area contributed by atoms with Crippen molar-refractivity contribution in [3.05, 3.63) is 46.6 Å². The normalized spacial score (nSPS) is 16.2. The first-order valence-electron chi connectivity index (χ1n) is 16.1. The Bertz CT molecular complexity index is 877. The largest absolute Gasteiger partial charge is 0.444 e. The Balaban J connectivity index is 0. The van der Waals surface area contributed by atoms with Gasteiger partial charge in [-0.05, 0) is 158 Å². The fourth-order valence-electron chi connectivity index (χ4n) is 4.39. The number of rotatable bonds is 14. The number of carbonyl (C=O) groups is 2. The number of aliphatic hydroxyl groups is 2. The highest BCUT2D eigenvalue weighted by molar-refractivity contribution is 5.67. The minimum absolute atomic E-state index is 0.392. The Labute approximate surface area is 269 Å². The number of ether oxygens (including phenoxy) is 2. The molecule has 0 aromatic heterocycles. The van der Waals surface area contributed by atoms with E-state index in [1.54, 1.807) is 0 Å². The molecule has 1 atom stereocenters. The molecule has 0 heterocycles. The molecular weight excluding hydrogens is 556 g/mol. The predicted octanol–water partition coefficient (Wildman–Crippen LogP) is 8.69. The maximum absolute atomic E-state index is 11.5. The number of alkyl carbamates (subject to hydrolysis) is 2. The molecule has 8 nitrogen and oxygen atoms in total. The summed E-state index contributed by atoms with van der Waals surface area (Å²) in [5.41, 5.74) is 1.13. The zero-order valence-corrected chi connectivity index (χ0v) is 30.5. The molecule has 0 saturated heterocycles. The van der Waals surface area contributed by atoms with E-state index in [2.05, 4.69) is 10.6 Å². The minimum Gasteiger partial charge on any atom is -0.444 e. The molecule has 2 amide bonds. The van der Waals surface area contributed by atoms with Gasteiger partial charge in [-0.25, -0.2) is 9.59 Å². The molecule has 0 aliphatic heterocycles. The van der Waals surface area contributed by atoms with Gasteiger partial charge < -0.3 is 30.3 Å². The van der Waals surface area contributed by atoms with Gasteiger partial charge in [0, 0.05) is 13.1 Å². The summed E-state index contributed by atoms with van der Waals surface area (Å²) >= 11 is 0. The maximum Gasteiger partial charge on any atom is 0.407 e. The van der Waals surface area contributed by atoms with Gasteiger partial charge in [-0.15, -0.1) is 0 Å². The summed E-state index contributed by atoms with van der Waals surface area (Å²) < 4.78 is 10.4. The molecule has 0 spiro atoms. The highest BCUT2D eigenvalue weighted by Gasteiger charge is 2.30. The first-order chi connectivity index (χ1) is 20.1. The second kappa shape index (κ2) is 20.5. The van der Waals surface area contributed by atoms with E-state index in [4.69, 9.17) is 9.47 Å². The highest BCUT2D eigenvalue weighted by Crippen LogP contribution is 2.32. The molecule has 0 fully saturated rings. The third-order valence-electron chi connectivity index (χ3n) is 7.61. The summed E-state index contributed by atoms with van der Waals surface area (Å²) in [6, 6.07) is 0. The van der Waals surface area contributed by atoms with Gasteiger partial charge in [-0.3, -0.25) is 0 Å². The van der Waals surface area contributed by atoms with Crippen LogP contribution in [-0.2, 0) is 9.47 Å². The Morgan fingerprint density at radius 2 is 0.795 bits per heavy atom. The Morgan fingerprint density at radius 1 is 0.545 bits per heavy atom. The molecule has 256 valence electrons. The van der Waals surface area contributed by atoms with Crippen LogP contribution in [0.4, 0.5) is 9.59 Å². The Morgan fingerprint density at radius 3 is 1.00 bits per heavy atom. The molecule has 0 aliphatic rings. The lowest BCUT2D eigenvalue weighted by Crippen LogP contribution is -2.34. The van der Waals surface area contributed by atoms with Crippen LogP contribution in [0.15, 0.2) is 46.6 Å². The van der Waals surface area contributed by atoms with E-state index >= 15 is 0 Å². The molecule has 0 aliphatic carbocycles. The van der Waals surface area contributed by atoms with Crippen LogP contribution in [0.1, 0.15) is 135 Å². The Hall–Kier alpha value is -2.58. The standard InChI is InChI=1S/2C18H33NO3/c2*1-8-14(3)18(21,15(4)9-2)12-10-11-13-19-16(20)22-17(5,6)7/h2*8-9,21H,10-13H2,1-7H3,(H,19,20)/b14-8+,15-9+;14-8-,15-9+. The molecule has 0 aromatic rings. The van der Waals surface area contributed by atoms with Crippen LogP contribution < -0.4 is 10.6 Å². The maximum atomic E-state index is 11.5. The SMILES string of the molecule is C/C=C(/C)C(O)(CCCCNC(=O)OC(C)(C)C)/C(C)=C/C.C/C=C(\C)C(O)(CCCCNC(=O)OC(C)(C)C)/C(C)=C/C. The zero-order chi connectivity index (χ0) is 34.8. The molecule has 0 rings (SSSR count). The molecule has 0 bridgehead atoms. The second-order valence-corrected chi connectivity index (χ2v) is 13.4. The number of unbranched alkanes of at least 4 members (excludes halogenated alkanes) is 2. The van der Waals surface area contributed by atoms with Gasteiger partial charge in [0.25, 0.3) is 0 Å². The topological polar surface area (TPSA) is 117 Å². The average molecular weight is 623 g/mol. The van der Waals surface area contributed by atoms with Gasteiger partial charge in [0.1, 0.15) is 22.4 Å². The van der Waals surface area contributed by atoms with Gasteiger partial charge in [-0.2, -0.15) is 0 Å². The monoisotopic (exact) mass is 622 g/mol. The lowest BCUT2D eigenvalue weighted by atomic mass is 9.82. The molecule has 4 N–H and O–H groups in total. The highest BCUT2D eigenvalue weighted by atomic mass is 16.6. The van der Waals surface area contributed by atoms with Gasteiger partial charge >= 0.3 is 12.2 Å². The van der Waals surface area contributed by atoms with Crippen molar-refractivity contribution in [3.8, 4) is 0 Å². The number of allylic oxidation sites excluding steroid dienone is 4. The quantitative estimate of drug-likeness (QED) is 0.114. The van der Waals surface area contributed by atoms with Crippen molar-refractivity contribution in [3.63, 3.8) is 0 Å². The van der Waals surface area contributed by atoms with Crippen LogP contribution in [0.5, 0.6) is 0 Å². The second-order valence-electron chi connectivity index (χ2n) is 13.4. The number of amides is 2. The minimum atomic E-state index is -0.880. The van der Waals surface area contributed by atoms with Gasteiger partial charge in [0.2, 0.25) is 0 Å². The molecule has 0 aromatic carbocycles. The van der Waals surface area contributed by atoms with Crippen molar-refractivity contribution >= 4 is 12.2 Å². The Kier molecular flexibility index (Phi) is 20.2. The van der Waals surface area contributed by atoms with Crippen LogP contribution in [-0.4, -0.2) is 57.9 Å². The summed E-state index contributed by atoms with van der Waals surface area (Å²) in [5.74, 6) is 0. The number of hydrogen-bond acceptors (Lipinski definition) is 6. The van der Waals surface area contributed by atoms with Crippen LogP contribution in [0, 0.1) is 0 Å². The van der Waals surface area contributed by atoms with Crippen molar-refractivity contribution in [2.24, 2.45) is 0 Å². The fourth-order valence-corrected chi connectivity index (χ4v) is 4.39. The van der Waals surface area contributed by atoms with Crippen molar-refractivity contribution in [2.45, 2.75) is 158 Å². The number of nitrogens with one attached hydrogen (secondary N) is 2. The summed E-state index contributed by atoms with van der Waals surface area (Å²) in [7, 11) is 0. The number of hydrogen-bond donors (Lipinski definition) is 4. The number of carbonyl (C=O) groups excluding carboxylic acids is 2. The molecule has 0 saturated carbocycles. The van der Waals surface area contributed by atoms with E-state index < -0.39 is 34.6 Å². The fraction of sp³-hybridized carbons (Fsp3) is 0.722. The van der Waals surface area contributed by atoms with E-state index in [0.717, 1.165) is 48.0 Å². The van der Waals surface area contributed by atoms with Crippen molar-refractivity contribution in [2.75, 3.05) is 13.1 Å². The molecule has 8 heteroatoms. The summed E-state index contributed by atoms with van der Waals surface area (Å²) in [6.07, 6.45) is 11.6. The average Bonchev–Trinajstić information content (AvgIpc) is 2.92. The predicted molar refractivity (Wildman–Crippen MR) is 184 cm³/mol. The van der Waals surface area contributed by atoms with Crippen molar-refractivity contribution in [1.82, 2.24) is 10.6 Å². The van der Waals surface area contributed by atoms with Crippen molar-refractivity contribution < 1.29 is 29.3 Å². The van der Waals surface area contributed by atoms with Gasteiger partial charge in [-0.1, -0.05) is 24.3 Å². The van der Waals surface area contributed by atoms with Crippen LogP contribution in [0.3, 0.4) is 0 Å². The van der Waals surface area contributed by atoms with Gasteiger partial charge in [0.15, 0.2) is 0 Å². The van der Waals surface area contributed by atoms with Crippen molar-refractivity contribution in [1.29, 1.82) is 0 Å². The molecule has 0 radical (unpaired) electrons. The first kappa shape index (κ1) is 43.5. The summed E-state index contributed by atoms with van der Waals surface area (Å²) in [6.45, 7) is 27.7. The summed E-state index contributed by atoms with van der Waals surface area (Å²) in [5, 5.41) is 27.2. The zero-order valence-electron chi connectivity index (χ0n) is 30.5. The van der Waals surface area contributed by atoms with E-state index in [9.17, 15) is 19.8 Å². The lowest BCUT2D eigenvalue weighted by molar-refractivity contribution is 0.0513. The molecule has 1 unspecified atom stereocenters. The van der Waals surface area contributed by atoms with E-state index in [1.807, 2.05) is 121 Å². The lowest BCUT2D eigenvalue weighted by Gasteiger charge is -2.30. The van der Waals surface area contributed by atoms with E-state index in [0.29, 0.717) is 25.9 Å². The molecular formula is C36H66N2O6. The van der Waals surface area contributed by atoms with Gasteiger partial charge in [0.05, 0.1) is 0 Å². The van der Waals surface area contributed by atoms with Crippen LogP contribution >= 0.6 is 0 Å². The third-order valence-corrected chi connectivity index (χ3v) is 7.61.